The molecule has 5 rings (SSSR count). The average molecular weight is 451 g/mol. The van der Waals surface area contributed by atoms with E-state index in [0.717, 1.165) is 52.4 Å². The molecule has 3 heterocycles. The molecular weight excluding hydrogens is 412 g/mol. The highest BCUT2D eigenvalue weighted by molar-refractivity contribution is 5.58. The topological polar surface area (TPSA) is 69.7 Å². The number of aryl methyl sites for hydroxylation is 2. The Morgan fingerprint density at radius 2 is 1.94 bits per heavy atom. The van der Waals surface area contributed by atoms with Gasteiger partial charge in [-0.3, -0.25) is 4.98 Å². The summed E-state index contributed by atoms with van der Waals surface area (Å²) in [7, 11) is 0. The van der Waals surface area contributed by atoms with Gasteiger partial charge in [-0.25, -0.2) is 0 Å². The molecule has 6 heteroatoms. The summed E-state index contributed by atoms with van der Waals surface area (Å²) in [6.07, 6.45) is 11.8. The van der Waals surface area contributed by atoms with E-state index in [1.165, 1.54) is 53.8 Å². The molecule has 0 amide bonds. The van der Waals surface area contributed by atoms with Crippen LogP contribution in [0.25, 0.3) is 0 Å². The number of nitrogens with one attached hydrogen (secondary N) is 2. The van der Waals surface area contributed by atoms with Crippen molar-refractivity contribution in [1.82, 2.24) is 15.6 Å². The number of hydrogen-bond acceptors (Lipinski definition) is 6. The molecule has 2 aliphatic heterocycles. The number of aliphatic hydroxyl groups excluding tert-OH is 1. The summed E-state index contributed by atoms with van der Waals surface area (Å²) in [6.45, 7) is 6.40. The molecule has 1 unspecified atom stereocenters. The Hall–Kier alpha value is -2.25. The molecule has 0 radical (unpaired) electrons. The molecule has 6 nitrogen and oxygen atoms in total. The predicted molar refractivity (Wildman–Crippen MR) is 134 cm³/mol. The fourth-order valence-corrected chi connectivity index (χ4v) is 4.87. The number of anilines is 1. The Morgan fingerprint density at radius 1 is 1.09 bits per heavy atom. The maximum atomic E-state index is 8.74. The highest BCUT2D eigenvalue weighted by Crippen LogP contribution is 2.28. The van der Waals surface area contributed by atoms with E-state index in [-0.39, 0.29) is 6.61 Å². The first-order valence-electron chi connectivity index (χ1n) is 12.4. The summed E-state index contributed by atoms with van der Waals surface area (Å²) < 4.78 is 5.48. The molecule has 2 aromatic rings. The van der Waals surface area contributed by atoms with Gasteiger partial charge < -0.3 is 25.4 Å². The number of benzene rings is 1. The number of fused-ring (bicyclic) bond motifs is 2. The van der Waals surface area contributed by atoms with Crippen LogP contribution in [0.4, 0.5) is 5.69 Å². The van der Waals surface area contributed by atoms with Gasteiger partial charge in [0.1, 0.15) is 0 Å². The molecule has 0 saturated carbocycles. The number of ether oxygens (including phenoxy) is 1. The summed E-state index contributed by atoms with van der Waals surface area (Å²) in [5, 5.41) is 15.8. The van der Waals surface area contributed by atoms with Gasteiger partial charge in [0.05, 0.1) is 19.8 Å². The fourth-order valence-electron chi connectivity index (χ4n) is 4.87. The third-order valence-corrected chi connectivity index (χ3v) is 6.65. The highest BCUT2D eigenvalue weighted by atomic mass is 16.5. The molecule has 1 fully saturated rings. The molecule has 0 spiro atoms. The van der Waals surface area contributed by atoms with Crippen LogP contribution in [0.2, 0.25) is 0 Å². The summed E-state index contributed by atoms with van der Waals surface area (Å²) >= 11 is 0. The second kappa shape index (κ2) is 12.8. The molecule has 0 bridgehead atoms. The number of nitrogens with zero attached hydrogens (tertiary/aromatic N) is 2. The first-order valence-corrected chi connectivity index (χ1v) is 12.4. The van der Waals surface area contributed by atoms with E-state index in [1.807, 2.05) is 18.3 Å². The van der Waals surface area contributed by atoms with Crippen molar-refractivity contribution in [2.75, 3.05) is 50.9 Å². The van der Waals surface area contributed by atoms with Gasteiger partial charge in [-0.05, 0) is 60.9 Å². The second-order valence-corrected chi connectivity index (χ2v) is 8.92. The molecule has 3 N–H and O–H groups in total. The van der Waals surface area contributed by atoms with Crippen molar-refractivity contribution in [2.45, 2.75) is 44.7 Å². The first kappa shape index (κ1) is 23.9. The van der Waals surface area contributed by atoms with Gasteiger partial charge in [0.25, 0.3) is 0 Å². The first-order chi connectivity index (χ1) is 16.3. The summed E-state index contributed by atoms with van der Waals surface area (Å²) in [5.74, 6) is 0. The normalized spacial score (nSPS) is 20.0. The third-order valence-electron chi connectivity index (χ3n) is 6.65. The molecule has 3 aliphatic rings. The van der Waals surface area contributed by atoms with Crippen LogP contribution in [0.1, 0.15) is 35.2 Å². The van der Waals surface area contributed by atoms with Crippen molar-refractivity contribution in [2.24, 2.45) is 0 Å². The molecule has 1 atom stereocenters. The van der Waals surface area contributed by atoms with Crippen molar-refractivity contribution in [1.29, 1.82) is 0 Å². The number of hydrogen-bond donors (Lipinski definition) is 3. The minimum atomic E-state index is 0.111. The predicted octanol–water partition coefficient (Wildman–Crippen LogP) is 2.64. The Morgan fingerprint density at radius 3 is 2.79 bits per heavy atom. The Labute approximate surface area is 198 Å². The van der Waals surface area contributed by atoms with Crippen molar-refractivity contribution in [3.8, 4) is 0 Å². The van der Waals surface area contributed by atoms with Crippen LogP contribution in [0.5, 0.6) is 0 Å². The monoisotopic (exact) mass is 450 g/mol. The summed E-state index contributed by atoms with van der Waals surface area (Å²) in [4.78, 5) is 6.78. The van der Waals surface area contributed by atoms with Gasteiger partial charge in [-0.1, -0.05) is 30.4 Å². The zero-order chi connectivity index (χ0) is 22.7. The standard InChI is InChI=1S/C18H27N3O2.C9H11N/c22-9-2-1-6-19-14-16-12-17-15(13-20-16)4-3-5-18(17)21-7-10-23-11-8-21;1-2-6-9-8(4-1)5-3-7-10-9/h1-5,16,19-20,22H,6-14H2;3,5,7H,1-2,4,6H2/b2-1+;. The molecule has 178 valence electrons. The number of pyridine rings is 1. The largest absolute Gasteiger partial charge is 0.392 e. The smallest absolute Gasteiger partial charge is 0.0642 e. The van der Waals surface area contributed by atoms with Gasteiger partial charge in [-0.2, -0.15) is 0 Å². The van der Waals surface area contributed by atoms with E-state index in [9.17, 15) is 0 Å². The quantitative estimate of drug-likeness (QED) is 0.464. The number of aromatic nitrogens is 1. The zero-order valence-electron chi connectivity index (χ0n) is 19.6. The van der Waals surface area contributed by atoms with E-state index >= 15 is 0 Å². The number of morpholine rings is 1. The molecule has 1 aliphatic carbocycles. The van der Waals surface area contributed by atoms with Crippen LogP contribution >= 0.6 is 0 Å². The van der Waals surface area contributed by atoms with E-state index in [0.29, 0.717) is 6.04 Å². The zero-order valence-corrected chi connectivity index (χ0v) is 19.6. The van der Waals surface area contributed by atoms with Crippen molar-refractivity contribution < 1.29 is 9.84 Å². The Bertz CT molecular complexity index is 870. The average Bonchev–Trinajstić information content (AvgIpc) is 2.89. The highest BCUT2D eigenvalue weighted by Gasteiger charge is 2.23. The number of rotatable bonds is 6. The van der Waals surface area contributed by atoms with Gasteiger partial charge >= 0.3 is 0 Å². The van der Waals surface area contributed by atoms with Crippen LogP contribution < -0.4 is 15.5 Å². The summed E-state index contributed by atoms with van der Waals surface area (Å²) in [5.41, 5.74) is 7.09. The van der Waals surface area contributed by atoms with Crippen molar-refractivity contribution >= 4 is 5.69 Å². The van der Waals surface area contributed by atoms with Crippen LogP contribution in [0.15, 0.2) is 48.7 Å². The lowest BCUT2D eigenvalue weighted by Gasteiger charge is -2.34. The maximum absolute atomic E-state index is 8.74. The Kier molecular flexibility index (Phi) is 9.30. The lowest BCUT2D eigenvalue weighted by Crippen LogP contribution is -2.44. The van der Waals surface area contributed by atoms with Gasteiger partial charge in [0.15, 0.2) is 0 Å². The molecule has 1 aromatic carbocycles. The SMILES string of the molecule is OC/C=C/CNCC1Cc2c(cccc2N2CCOCC2)CN1.c1cnc2c(c1)CCCC2. The van der Waals surface area contributed by atoms with Gasteiger partial charge in [0, 0.05) is 56.3 Å². The van der Waals surface area contributed by atoms with Crippen molar-refractivity contribution in [3.63, 3.8) is 0 Å². The molecular formula is C27H38N4O2. The fraction of sp³-hybridized carbons (Fsp3) is 0.519. The molecule has 33 heavy (non-hydrogen) atoms. The van der Waals surface area contributed by atoms with Crippen LogP contribution in [-0.2, 0) is 30.5 Å². The van der Waals surface area contributed by atoms with E-state index in [1.54, 1.807) is 6.08 Å². The van der Waals surface area contributed by atoms with E-state index in [4.69, 9.17) is 9.84 Å². The van der Waals surface area contributed by atoms with Crippen LogP contribution in [0, 0.1) is 0 Å². The Balaban J connectivity index is 0.000000214. The second-order valence-electron chi connectivity index (χ2n) is 8.92. The van der Waals surface area contributed by atoms with E-state index < -0.39 is 0 Å². The van der Waals surface area contributed by atoms with E-state index in [2.05, 4.69) is 44.8 Å². The third kappa shape index (κ3) is 6.87. The minimum Gasteiger partial charge on any atom is -0.392 e. The molecule has 1 saturated heterocycles. The van der Waals surface area contributed by atoms with Gasteiger partial charge in [-0.15, -0.1) is 0 Å². The summed E-state index contributed by atoms with van der Waals surface area (Å²) in [6, 6.07) is 11.3. The van der Waals surface area contributed by atoms with Crippen molar-refractivity contribution in [3.05, 3.63) is 71.1 Å². The van der Waals surface area contributed by atoms with Crippen LogP contribution in [0.3, 0.4) is 0 Å². The van der Waals surface area contributed by atoms with Crippen LogP contribution in [-0.4, -0.2) is 62.1 Å². The lowest BCUT2D eigenvalue weighted by molar-refractivity contribution is 0.122. The molecule has 1 aromatic heterocycles. The van der Waals surface area contributed by atoms with Gasteiger partial charge in [0.2, 0.25) is 0 Å². The maximum Gasteiger partial charge on any atom is 0.0642 e. The minimum absolute atomic E-state index is 0.111. The lowest BCUT2D eigenvalue weighted by atomic mass is 9.93. The number of aliphatic hydroxyl groups is 1.